The van der Waals surface area contributed by atoms with Gasteiger partial charge >= 0.3 is 0 Å². The minimum Gasteiger partial charge on any atom is -0.323 e. The van der Waals surface area contributed by atoms with E-state index < -0.39 is 6.04 Å². The lowest BCUT2D eigenvalue weighted by atomic mass is 9.87. The Bertz CT molecular complexity index is 486. The zero-order valence-electron chi connectivity index (χ0n) is 11.4. The summed E-state index contributed by atoms with van der Waals surface area (Å²) in [7, 11) is 0. The second kappa shape index (κ2) is 5.35. The molecule has 0 bridgehead atoms. The van der Waals surface area contributed by atoms with Gasteiger partial charge in [-0.2, -0.15) is 0 Å². The Morgan fingerprint density at radius 3 is 2.56 bits per heavy atom. The van der Waals surface area contributed by atoms with Crippen molar-refractivity contribution in [3.63, 3.8) is 0 Å². The molecule has 0 spiro atoms. The number of nitrogens with one attached hydrogen (secondary N) is 1. The number of carbonyl (C=O) groups is 1. The number of carbonyl (C=O) groups excluding carboxylic acids is 1. The number of aryl methyl sites for hydroxylation is 1. The molecule has 1 atom stereocenters. The van der Waals surface area contributed by atoms with E-state index in [2.05, 4.69) is 5.32 Å². The molecule has 0 saturated carbocycles. The van der Waals surface area contributed by atoms with Crippen molar-refractivity contribution in [2.45, 2.75) is 40.3 Å². The van der Waals surface area contributed by atoms with Gasteiger partial charge in [0.05, 0.1) is 11.7 Å². The third-order valence-corrected chi connectivity index (χ3v) is 2.81. The quantitative estimate of drug-likeness (QED) is 0.846. The zero-order chi connectivity index (χ0) is 13.9. The van der Waals surface area contributed by atoms with Gasteiger partial charge in [-0.25, -0.2) is 0 Å². The molecule has 0 aliphatic carbocycles. The predicted octanol–water partition coefficient (Wildman–Crippen LogP) is 1.18. The van der Waals surface area contributed by atoms with Crippen molar-refractivity contribution in [3.05, 3.63) is 28.7 Å². The fraction of sp³-hybridized carbons (Fsp3) is 0.538. The van der Waals surface area contributed by atoms with Gasteiger partial charge in [-0.05, 0) is 18.4 Å². The number of rotatable bonds is 3. The second-order valence-electron chi connectivity index (χ2n) is 5.37. The highest BCUT2D eigenvalue weighted by atomic mass is 16.2. The highest BCUT2D eigenvalue weighted by molar-refractivity contribution is 5.95. The Morgan fingerprint density at radius 2 is 2.06 bits per heavy atom. The molecule has 0 unspecified atom stereocenters. The van der Waals surface area contributed by atoms with Gasteiger partial charge in [0.2, 0.25) is 5.91 Å². The maximum Gasteiger partial charge on any atom is 0.250 e. The van der Waals surface area contributed by atoms with Gasteiger partial charge in [0.25, 0.3) is 5.56 Å². The van der Waals surface area contributed by atoms with E-state index in [1.807, 2.05) is 27.7 Å². The molecule has 5 heteroatoms. The van der Waals surface area contributed by atoms with Gasteiger partial charge in [0, 0.05) is 18.8 Å². The van der Waals surface area contributed by atoms with Crippen molar-refractivity contribution in [2.75, 3.05) is 5.32 Å². The van der Waals surface area contributed by atoms with E-state index in [-0.39, 0.29) is 16.9 Å². The van der Waals surface area contributed by atoms with Gasteiger partial charge in [0.1, 0.15) is 0 Å². The largest absolute Gasteiger partial charge is 0.323 e. The van der Waals surface area contributed by atoms with Crippen LogP contribution in [0.5, 0.6) is 0 Å². The zero-order valence-corrected chi connectivity index (χ0v) is 11.4. The Labute approximate surface area is 107 Å². The van der Waals surface area contributed by atoms with Crippen LogP contribution in [0.4, 0.5) is 5.69 Å². The summed E-state index contributed by atoms with van der Waals surface area (Å²) >= 11 is 0. The number of nitrogens with two attached hydrogens (primary N) is 1. The average molecular weight is 251 g/mol. The van der Waals surface area contributed by atoms with Crippen LogP contribution in [0.2, 0.25) is 0 Å². The van der Waals surface area contributed by atoms with Crippen LogP contribution in [0, 0.1) is 5.41 Å². The summed E-state index contributed by atoms with van der Waals surface area (Å²) < 4.78 is 1.53. The SMILES string of the molecule is CCn1cc(NC(=O)[C@@H](N)C(C)(C)C)ccc1=O. The van der Waals surface area contributed by atoms with E-state index in [9.17, 15) is 9.59 Å². The molecule has 0 aliphatic heterocycles. The monoisotopic (exact) mass is 251 g/mol. The Kier molecular flexibility index (Phi) is 4.29. The van der Waals surface area contributed by atoms with Crippen molar-refractivity contribution in [1.82, 2.24) is 4.57 Å². The Morgan fingerprint density at radius 1 is 1.44 bits per heavy atom. The number of hydrogen-bond acceptors (Lipinski definition) is 3. The van der Waals surface area contributed by atoms with Crippen LogP contribution >= 0.6 is 0 Å². The van der Waals surface area contributed by atoms with Crippen molar-refractivity contribution >= 4 is 11.6 Å². The molecular formula is C13H21N3O2. The van der Waals surface area contributed by atoms with Gasteiger partial charge < -0.3 is 15.6 Å². The van der Waals surface area contributed by atoms with Crippen LogP contribution in [0.15, 0.2) is 23.1 Å². The maximum atomic E-state index is 11.9. The second-order valence-corrected chi connectivity index (χ2v) is 5.37. The lowest BCUT2D eigenvalue weighted by Crippen LogP contribution is -2.45. The smallest absolute Gasteiger partial charge is 0.250 e. The third-order valence-electron chi connectivity index (χ3n) is 2.81. The summed E-state index contributed by atoms with van der Waals surface area (Å²) in [5, 5.41) is 2.73. The standard InChI is InChI=1S/C13H21N3O2/c1-5-16-8-9(6-7-10(16)17)15-12(18)11(14)13(2,3)4/h6-8,11H,5,14H2,1-4H3,(H,15,18)/t11-/m1/s1. The van der Waals surface area contributed by atoms with Crippen LogP contribution in [0.1, 0.15) is 27.7 Å². The molecule has 1 aromatic rings. The number of amides is 1. The molecule has 1 rings (SSSR count). The number of anilines is 1. The minimum absolute atomic E-state index is 0.0874. The fourth-order valence-corrected chi connectivity index (χ4v) is 1.47. The lowest BCUT2D eigenvalue weighted by Gasteiger charge is -2.25. The average Bonchev–Trinajstić information content (AvgIpc) is 2.29. The van der Waals surface area contributed by atoms with Crippen LogP contribution < -0.4 is 16.6 Å². The summed E-state index contributed by atoms with van der Waals surface area (Å²) in [4.78, 5) is 23.3. The maximum absolute atomic E-state index is 11.9. The summed E-state index contributed by atoms with van der Waals surface area (Å²) in [6.07, 6.45) is 1.62. The molecule has 0 saturated heterocycles. The highest BCUT2D eigenvalue weighted by Crippen LogP contribution is 2.18. The first-order valence-electron chi connectivity index (χ1n) is 6.02. The normalized spacial score (nSPS) is 13.2. The van der Waals surface area contributed by atoms with Crippen LogP contribution in [0.25, 0.3) is 0 Å². The summed E-state index contributed by atoms with van der Waals surface area (Å²) in [6, 6.07) is 2.42. The predicted molar refractivity (Wildman–Crippen MR) is 72.4 cm³/mol. The Balaban J connectivity index is 2.86. The minimum atomic E-state index is -0.598. The molecule has 0 radical (unpaired) electrons. The first-order chi connectivity index (χ1) is 8.25. The molecule has 100 valence electrons. The first-order valence-corrected chi connectivity index (χ1v) is 6.02. The van der Waals surface area contributed by atoms with Gasteiger partial charge in [-0.1, -0.05) is 20.8 Å². The van der Waals surface area contributed by atoms with Crippen LogP contribution in [-0.4, -0.2) is 16.5 Å². The topological polar surface area (TPSA) is 77.1 Å². The van der Waals surface area contributed by atoms with Crippen molar-refractivity contribution in [2.24, 2.45) is 11.1 Å². The van der Waals surface area contributed by atoms with Gasteiger partial charge in [-0.3, -0.25) is 9.59 Å². The molecule has 5 nitrogen and oxygen atoms in total. The molecular weight excluding hydrogens is 230 g/mol. The van der Waals surface area contributed by atoms with Crippen LogP contribution in [0.3, 0.4) is 0 Å². The van der Waals surface area contributed by atoms with Gasteiger partial charge in [0.15, 0.2) is 0 Å². The molecule has 18 heavy (non-hydrogen) atoms. The molecule has 3 N–H and O–H groups in total. The summed E-state index contributed by atoms with van der Waals surface area (Å²) in [5.74, 6) is -0.246. The number of nitrogens with zero attached hydrogens (tertiary/aromatic N) is 1. The fourth-order valence-electron chi connectivity index (χ4n) is 1.47. The number of aromatic nitrogens is 1. The molecule has 1 aromatic heterocycles. The number of hydrogen-bond donors (Lipinski definition) is 2. The highest BCUT2D eigenvalue weighted by Gasteiger charge is 2.27. The summed E-state index contributed by atoms with van der Waals surface area (Å²) in [5.41, 5.74) is 6.06. The van der Waals surface area contributed by atoms with Crippen molar-refractivity contribution in [3.8, 4) is 0 Å². The molecule has 1 heterocycles. The van der Waals surface area contributed by atoms with E-state index in [1.165, 1.54) is 10.6 Å². The van der Waals surface area contributed by atoms with Crippen LogP contribution in [-0.2, 0) is 11.3 Å². The van der Waals surface area contributed by atoms with E-state index in [4.69, 9.17) is 5.73 Å². The number of pyridine rings is 1. The molecule has 0 aromatic carbocycles. The first kappa shape index (κ1) is 14.4. The summed E-state index contributed by atoms with van der Waals surface area (Å²) in [6.45, 7) is 8.15. The van der Waals surface area contributed by atoms with Crippen molar-refractivity contribution in [1.29, 1.82) is 0 Å². The molecule has 1 amide bonds. The van der Waals surface area contributed by atoms with E-state index >= 15 is 0 Å². The Hall–Kier alpha value is -1.62. The third kappa shape index (κ3) is 3.43. The van der Waals surface area contributed by atoms with E-state index in [1.54, 1.807) is 12.3 Å². The van der Waals surface area contributed by atoms with E-state index in [0.717, 1.165) is 0 Å². The molecule has 0 fully saturated rings. The van der Waals surface area contributed by atoms with Crippen molar-refractivity contribution < 1.29 is 4.79 Å². The van der Waals surface area contributed by atoms with Gasteiger partial charge in [-0.15, -0.1) is 0 Å². The molecule has 0 aliphatic rings. The lowest BCUT2D eigenvalue weighted by molar-refractivity contribution is -0.119. The van der Waals surface area contributed by atoms with E-state index in [0.29, 0.717) is 12.2 Å².